The lowest BCUT2D eigenvalue weighted by molar-refractivity contribution is -0.137. The summed E-state index contributed by atoms with van der Waals surface area (Å²) in [4.78, 5) is 29.2. The van der Waals surface area contributed by atoms with Gasteiger partial charge in [-0.25, -0.2) is 4.98 Å². The predicted octanol–water partition coefficient (Wildman–Crippen LogP) is 0.458. The predicted molar refractivity (Wildman–Crippen MR) is 67.1 cm³/mol. The number of imidazole rings is 1. The average molecular weight is 259 g/mol. The third kappa shape index (κ3) is 1.64. The van der Waals surface area contributed by atoms with E-state index in [0.29, 0.717) is 11.3 Å². The van der Waals surface area contributed by atoms with Crippen molar-refractivity contribution in [2.75, 3.05) is 7.05 Å². The molecular weight excluding hydrogens is 246 g/mol. The van der Waals surface area contributed by atoms with E-state index in [2.05, 4.69) is 4.98 Å². The van der Waals surface area contributed by atoms with Gasteiger partial charge in [-0.2, -0.15) is 0 Å². The smallest absolute Gasteiger partial charge is 0.252 e. The summed E-state index contributed by atoms with van der Waals surface area (Å²) < 4.78 is 1.67. The summed E-state index contributed by atoms with van der Waals surface area (Å²) in [6, 6.07) is 6.72. The molecule has 0 saturated carbocycles. The molecule has 19 heavy (non-hydrogen) atoms. The van der Waals surface area contributed by atoms with Gasteiger partial charge in [0.25, 0.3) is 5.91 Å². The number of nitrogens with zero attached hydrogens (tertiary/aromatic N) is 3. The van der Waals surface area contributed by atoms with Crippen LogP contribution in [-0.4, -0.2) is 38.4 Å². The largest absolute Gasteiger partial charge is 0.388 e. The van der Waals surface area contributed by atoms with Crippen LogP contribution >= 0.6 is 0 Å². The summed E-state index contributed by atoms with van der Waals surface area (Å²) in [7, 11) is 1.47. The number of para-hydroxylation sites is 2. The van der Waals surface area contributed by atoms with E-state index in [-0.39, 0.29) is 24.8 Å². The van der Waals surface area contributed by atoms with Gasteiger partial charge in [-0.1, -0.05) is 12.1 Å². The maximum Gasteiger partial charge on any atom is 0.252 e. The van der Waals surface area contributed by atoms with Gasteiger partial charge in [0, 0.05) is 7.05 Å². The molecule has 1 aromatic carbocycles. The molecule has 0 aliphatic carbocycles. The van der Waals surface area contributed by atoms with Crippen molar-refractivity contribution in [3.8, 4) is 0 Å². The molecule has 2 heterocycles. The zero-order chi connectivity index (χ0) is 13.6. The van der Waals surface area contributed by atoms with Crippen molar-refractivity contribution in [1.82, 2.24) is 14.5 Å². The zero-order valence-electron chi connectivity index (χ0n) is 10.4. The van der Waals surface area contributed by atoms with Crippen molar-refractivity contribution in [1.29, 1.82) is 0 Å². The Morgan fingerprint density at radius 3 is 2.74 bits per heavy atom. The molecule has 2 aromatic rings. The lowest BCUT2D eigenvalue weighted by Crippen LogP contribution is -2.27. The van der Waals surface area contributed by atoms with Gasteiger partial charge < -0.3 is 9.67 Å². The third-order valence-corrected chi connectivity index (χ3v) is 3.48. The summed E-state index contributed by atoms with van der Waals surface area (Å²) in [6.07, 6.45) is 0.114. The highest BCUT2D eigenvalue weighted by Gasteiger charge is 2.38. The molecule has 1 saturated heterocycles. The first-order valence-electron chi connectivity index (χ1n) is 6.00. The maximum absolute atomic E-state index is 12.1. The number of hydrogen-bond donors (Lipinski definition) is 1. The van der Waals surface area contributed by atoms with E-state index in [0.717, 1.165) is 10.4 Å². The minimum Gasteiger partial charge on any atom is -0.388 e. The molecule has 0 radical (unpaired) electrons. The minimum atomic E-state index is -0.605. The number of amides is 2. The molecule has 6 heteroatoms. The molecule has 98 valence electrons. The van der Waals surface area contributed by atoms with E-state index in [1.54, 1.807) is 4.57 Å². The molecule has 1 N–H and O–H groups in total. The van der Waals surface area contributed by atoms with Crippen LogP contribution in [0.5, 0.6) is 0 Å². The topological polar surface area (TPSA) is 75.4 Å². The normalized spacial score (nSPS) is 19.7. The van der Waals surface area contributed by atoms with Gasteiger partial charge >= 0.3 is 0 Å². The molecule has 1 aromatic heterocycles. The van der Waals surface area contributed by atoms with Crippen LogP contribution in [0.1, 0.15) is 18.3 Å². The Morgan fingerprint density at radius 1 is 1.37 bits per heavy atom. The van der Waals surface area contributed by atoms with Crippen LogP contribution < -0.4 is 0 Å². The molecule has 6 nitrogen and oxygen atoms in total. The fraction of sp³-hybridized carbons (Fsp3) is 0.308. The fourth-order valence-corrected chi connectivity index (χ4v) is 2.49. The van der Waals surface area contributed by atoms with Crippen LogP contribution in [0, 0.1) is 0 Å². The number of fused-ring (bicyclic) bond motifs is 1. The second kappa shape index (κ2) is 4.17. The molecule has 1 aliphatic heterocycles. The monoisotopic (exact) mass is 259 g/mol. The number of carbonyl (C=O) groups is 2. The third-order valence-electron chi connectivity index (χ3n) is 3.48. The van der Waals surface area contributed by atoms with Gasteiger partial charge in [-0.3, -0.25) is 14.5 Å². The van der Waals surface area contributed by atoms with Crippen molar-refractivity contribution in [2.24, 2.45) is 0 Å². The van der Waals surface area contributed by atoms with E-state index >= 15 is 0 Å². The second-order valence-electron chi connectivity index (χ2n) is 4.56. The quantitative estimate of drug-likeness (QED) is 0.795. The van der Waals surface area contributed by atoms with Crippen LogP contribution in [0.2, 0.25) is 0 Å². The van der Waals surface area contributed by atoms with Gasteiger partial charge in [-0.05, 0) is 12.1 Å². The summed E-state index contributed by atoms with van der Waals surface area (Å²) in [5, 5.41) is 9.40. The highest BCUT2D eigenvalue weighted by atomic mass is 16.3. The van der Waals surface area contributed by atoms with Crippen molar-refractivity contribution in [3.63, 3.8) is 0 Å². The Hall–Kier alpha value is -2.21. The molecular formula is C13H13N3O3. The van der Waals surface area contributed by atoms with Crippen molar-refractivity contribution in [3.05, 3.63) is 30.1 Å². The number of aliphatic hydroxyl groups is 1. The van der Waals surface area contributed by atoms with Gasteiger partial charge in [0.2, 0.25) is 5.91 Å². The number of carbonyl (C=O) groups excluding carboxylic acids is 2. The first kappa shape index (κ1) is 11.9. The molecule has 2 amide bonds. The number of rotatable bonds is 2. The van der Waals surface area contributed by atoms with E-state index in [1.165, 1.54) is 7.05 Å². The van der Waals surface area contributed by atoms with E-state index in [1.807, 2.05) is 24.3 Å². The van der Waals surface area contributed by atoms with Gasteiger partial charge in [0.1, 0.15) is 18.5 Å². The first-order chi connectivity index (χ1) is 9.13. The summed E-state index contributed by atoms with van der Waals surface area (Å²) >= 11 is 0. The summed E-state index contributed by atoms with van der Waals surface area (Å²) in [5.41, 5.74) is 1.47. The first-order valence-corrected chi connectivity index (χ1v) is 6.00. The highest BCUT2D eigenvalue weighted by Crippen LogP contribution is 2.29. The Balaban J connectivity index is 2.19. The number of aliphatic hydroxyl groups excluding tert-OH is 1. The lowest BCUT2D eigenvalue weighted by Gasteiger charge is -2.13. The minimum absolute atomic E-state index is 0.114. The molecule has 0 unspecified atom stereocenters. The number of likely N-dealkylation sites (N-methyl/N-ethyl adjacent to an activating group) is 1. The van der Waals surface area contributed by atoms with Gasteiger partial charge in [-0.15, -0.1) is 0 Å². The van der Waals surface area contributed by atoms with Crippen molar-refractivity contribution >= 4 is 22.8 Å². The standard InChI is InChI=1S/C13H13N3O3/c1-15-12(18)6-10(13(15)19)16-9-5-3-2-4-8(9)14-11(16)7-17/h2-5,10,17H,6-7H2,1H3/t10-/m1/s1. The SMILES string of the molecule is CN1C(=O)C[C@@H](n2c(CO)nc3ccccc32)C1=O. The molecule has 0 spiro atoms. The molecule has 1 fully saturated rings. The summed E-state index contributed by atoms with van der Waals surface area (Å²) in [6.45, 7) is -0.267. The fourth-order valence-electron chi connectivity index (χ4n) is 2.49. The maximum atomic E-state index is 12.1. The number of aromatic nitrogens is 2. The average Bonchev–Trinajstić information content (AvgIpc) is 2.91. The van der Waals surface area contributed by atoms with Crippen LogP contribution in [0.15, 0.2) is 24.3 Å². The Labute approximate surface area is 109 Å². The van der Waals surface area contributed by atoms with Gasteiger partial charge in [0.05, 0.1) is 17.5 Å². The van der Waals surface area contributed by atoms with Crippen LogP contribution in [0.25, 0.3) is 11.0 Å². The molecule has 0 bridgehead atoms. The van der Waals surface area contributed by atoms with E-state index in [4.69, 9.17) is 0 Å². The number of hydrogen-bond acceptors (Lipinski definition) is 4. The van der Waals surface area contributed by atoms with Crippen LogP contribution in [-0.2, 0) is 16.2 Å². The van der Waals surface area contributed by atoms with Crippen molar-refractivity contribution in [2.45, 2.75) is 19.1 Å². The van der Waals surface area contributed by atoms with Crippen molar-refractivity contribution < 1.29 is 14.7 Å². The summed E-state index contributed by atoms with van der Waals surface area (Å²) in [5.74, 6) is -0.0674. The second-order valence-corrected chi connectivity index (χ2v) is 4.56. The molecule has 1 atom stereocenters. The number of benzene rings is 1. The van der Waals surface area contributed by atoms with E-state index in [9.17, 15) is 14.7 Å². The molecule has 1 aliphatic rings. The number of likely N-dealkylation sites (tertiary alicyclic amines) is 1. The highest BCUT2D eigenvalue weighted by molar-refractivity contribution is 6.04. The Bertz CT molecular complexity index is 677. The Morgan fingerprint density at radius 2 is 2.11 bits per heavy atom. The van der Waals surface area contributed by atoms with Crippen LogP contribution in [0.4, 0.5) is 0 Å². The van der Waals surface area contributed by atoms with Gasteiger partial charge in [0.15, 0.2) is 0 Å². The molecule has 3 rings (SSSR count). The Kier molecular flexibility index (Phi) is 2.60. The zero-order valence-corrected chi connectivity index (χ0v) is 10.4. The van der Waals surface area contributed by atoms with Crippen LogP contribution in [0.3, 0.4) is 0 Å². The van der Waals surface area contributed by atoms with E-state index < -0.39 is 6.04 Å². The lowest BCUT2D eigenvalue weighted by atomic mass is 10.2. The number of imide groups is 1.